The molecular weight excluding hydrogens is 352 g/mol. The number of nitrogens with one attached hydrogen (secondary N) is 3. The highest BCUT2D eigenvalue weighted by Crippen LogP contribution is 2.23. The molecule has 1 aromatic rings. The summed E-state index contributed by atoms with van der Waals surface area (Å²) in [6, 6.07) is 8.47. The third kappa shape index (κ3) is 6.79. The molecule has 9 heteroatoms. The highest BCUT2D eigenvalue weighted by molar-refractivity contribution is 5.89. The zero-order chi connectivity index (χ0) is 19.8. The number of ether oxygens (including phenoxy) is 1. The Balaban J connectivity index is 1.75. The molecule has 0 aromatic heterocycles. The minimum Gasteiger partial charge on any atom is -0.388 e. The van der Waals surface area contributed by atoms with Crippen molar-refractivity contribution >= 4 is 17.6 Å². The molecule has 1 fully saturated rings. The number of aliphatic hydroxyl groups is 2. The number of carbonyl (C=O) groups excluding carboxylic acids is 2. The van der Waals surface area contributed by atoms with Crippen molar-refractivity contribution in [2.45, 2.75) is 30.8 Å². The fraction of sp³-hybridized carbons (Fsp3) is 0.556. The number of anilines is 1. The molecule has 1 aliphatic rings. The Morgan fingerprint density at radius 2 is 1.74 bits per heavy atom. The van der Waals surface area contributed by atoms with E-state index in [4.69, 9.17) is 4.74 Å². The van der Waals surface area contributed by atoms with Crippen molar-refractivity contribution < 1.29 is 24.5 Å². The average Bonchev–Trinajstić information content (AvgIpc) is 2.88. The van der Waals surface area contributed by atoms with Gasteiger partial charge in [0.05, 0.1) is 12.5 Å². The Hall–Kier alpha value is -2.20. The van der Waals surface area contributed by atoms with E-state index in [2.05, 4.69) is 16.0 Å². The molecule has 2 rings (SSSR count). The predicted molar refractivity (Wildman–Crippen MR) is 100 cm³/mol. The van der Waals surface area contributed by atoms with Gasteiger partial charge in [-0.1, -0.05) is 18.2 Å². The van der Waals surface area contributed by atoms with E-state index in [1.54, 1.807) is 24.3 Å². The summed E-state index contributed by atoms with van der Waals surface area (Å²) in [4.78, 5) is 25.8. The number of likely N-dealkylation sites (N-methyl/N-ethyl adjacent to an activating group) is 1. The summed E-state index contributed by atoms with van der Waals surface area (Å²) >= 11 is 0. The maximum Gasteiger partial charge on any atom is 0.319 e. The van der Waals surface area contributed by atoms with Crippen molar-refractivity contribution in [3.8, 4) is 0 Å². The van der Waals surface area contributed by atoms with E-state index in [0.29, 0.717) is 18.8 Å². The third-order valence-electron chi connectivity index (χ3n) is 4.22. The van der Waals surface area contributed by atoms with Gasteiger partial charge in [0.15, 0.2) is 0 Å². The topological polar surface area (TPSA) is 123 Å². The molecule has 0 saturated carbocycles. The van der Waals surface area contributed by atoms with Crippen LogP contribution < -0.4 is 16.0 Å². The molecular formula is C18H28N4O5. The van der Waals surface area contributed by atoms with Gasteiger partial charge < -0.3 is 35.8 Å². The van der Waals surface area contributed by atoms with Gasteiger partial charge in [-0.25, -0.2) is 4.79 Å². The Morgan fingerprint density at radius 1 is 1.07 bits per heavy atom. The highest BCUT2D eigenvalue weighted by atomic mass is 16.5. The van der Waals surface area contributed by atoms with Crippen molar-refractivity contribution in [2.75, 3.05) is 39.0 Å². The smallest absolute Gasteiger partial charge is 0.319 e. The number of para-hydroxylation sites is 1. The van der Waals surface area contributed by atoms with Crippen LogP contribution in [0.25, 0.3) is 0 Å². The molecule has 1 aliphatic heterocycles. The van der Waals surface area contributed by atoms with E-state index in [9.17, 15) is 19.8 Å². The van der Waals surface area contributed by atoms with Gasteiger partial charge in [0.2, 0.25) is 5.91 Å². The molecule has 27 heavy (non-hydrogen) atoms. The van der Waals surface area contributed by atoms with E-state index >= 15 is 0 Å². The number of hydrogen-bond donors (Lipinski definition) is 5. The zero-order valence-corrected chi connectivity index (χ0v) is 15.6. The normalized spacial score (nSPS) is 24.6. The highest BCUT2D eigenvalue weighted by Gasteiger charge is 2.43. The largest absolute Gasteiger partial charge is 0.388 e. The molecule has 1 saturated heterocycles. The summed E-state index contributed by atoms with van der Waals surface area (Å²) in [5.41, 5.74) is 0.634. The van der Waals surface area contributed by atoms with Crippen LogP contribution in [0, 0.1) is 0 Å². The molecule has 0 unspecified atom stereocenters. The van der Waals surface area contributed by atoms with Crippen LogP contribution in [0.4, 0.5) is 10.5 Å². The Labute approximate surface area is 158 Å². The third-order valence-corrected chi connectivity index (χ3v) is 4.22. The molecule has 3 amide bonds. The van der Waals surface area contributed by atoms with Crippen LogP contribution in [-0.4, -0.2) is 85.2 Å². The molecule has 150 valence electrons. The Kier molecular flexibility index (Phi) is 7.99. The Morgan fingerprint density at radius 3 is 2.41 bits per heavy atom. The maximum atomic E-state index is 11.9. The van der Waals surface area contributed by atoms with Crippen molar-refractivity contribution in [1.29, 1.82) is 0 Å². The van der Waals surface area contributed by atoms with Crippen LogP contribution in [0.5, 0.6) is 0 Å². The van der Waals surface area contributed by atoms with E-state index < -0.39 is 30.4 Å². The summed E-state index contributed by atoms with van der Waals surface area (Å²) in [5, 5.41) is 28.2. The maximum absolute atomic E-state index is 11.9. The molecule has 0 radical (unpaired) electrons. The predicted octanol–water partition coefficient (Wildman–Crippen LogP) is -0.635. The fourth-order valence-electron chi connectivity index (χ4n) is 2.73. The first-order chi connectivity index (χ1) is 12.9. The fourth-order valence-corrected chi connectivity index (χ4v) is 2.73. The lowest BCUT2D eigenvalue weighted by Gasteiger charge is -2.16. The zero-order valence-electron chi connectivity index (χ0n) is 15.6. The first-order valence-corrected chi connectivity index (χ1v) is 8.89. The standard InChI is InChI=1S/C18H28N4O5/c1-22(2)9-8-19-15(23)10-13-16(24)17(25)14(27-13)11-20-18(26)21-12-6-4-3-5-7-12/h3-7,13-14,16-17,24-25H,8-11H2,1-2H3,(H,19,23)(H2,20,21,26)/t13-,14+,16+,17+/m0/s1. The summed E-state index contributed by atoms with van der Waals surface area (Å²) in [7, 11) is 3.80. The van der Waals surface area contributed by atoms with Gasteiger partial charge in [-0.2, -0.15) is 0 Å². The minimum absolute atomic E-state index is 0.00957. The second-order valence-corrected chi connectivity index (χ2v) is 6.75. The number of benzene rings is 1. The molecule has 4 atom stereocenters. The van der Waals surface area contributed by atoms with Gasteiger partial charge in [-0.15, -0.1) is 0 Å². The van der Waals surface area contributed by atoms with Crippen LogP contribution >= 0.6 is 0 Å². The molecule has 1 heterocycles. The van der Waals surface area contributed by atoms with Gasteiger partial charge in [-0.05, 0) is 26.2 Å². The molecule has 0 spiro atoms. The summed E-state index contributed by atoms with van der Waals surface area (Å²) in [5.74, 6) is -0.261. The molecule has 5 N–H and O–H groups in total. The van der Waals surface area contributed by atoms with Crippen LogP contribution in [0.2, 0.25) is 0 Å². The van der Waals surface area contributed by atoms with E-state index in [0.717, 1.165) is 0 Å². The molecule has 0 bridgehead atoms. The molecule has 9 nitrogen and oxygen atoms in total. The van der Waals surface area contributed by atoms with Crippen molar-refractivity contribution in [2.24, 2.45) is 0 Å². The summed E-state index contributed by atoms with van der Waals surface area (Å²) < 4.78 is 5.57. The quantitative estimate of drug-likeness (QED) is 0.409. The summed E-state index contributed by atoms with van der Waals surface area (Å²) in [6.07, 6.45) is -4.03. The SMILES string of the molecule is CN(C)CCNC(=O)C[C@@H]1O[C@H](CNC(=O)Nc2ccccc2)[C@@H](O)[C@@H]1O. The molecule has 0 aliphatic carbocycles. The van der Waals surface area contributed by atoms with Gasteiger partial charge in [0, 0.05) is 25.3 Å². The Bertz CT molecular complexity index is 613. The monoisotopic (exact) mass is 380 g/mol. The number of aliphatic hydroxyl groups excluding tert-OH is 2. The number of nitrogens with zero attached hydrogens (tertiary/aromatic N) is 1. The lowest BCUT2D eigenvalue weighted by atomic mass is 10.1. The number of urea groups is 1. The van der Waals surface area contributed by atoms with Crippen LogP contribution in [0.1, 0.15) is 6.42 Å². The number of carbonyl (C=O) groups is 2. The average molecular weight is 380 g/mol. The lowest BCUT2D eigenvalue weighted by Crippen LogP contribution is -2.41. The van der Waals surface area contributed by atoms with Crippen LogP contribution in [0.15, 0.2) is 30.3 Å². The van der Waals surface area contributed by atoms with Gasteiger partial charge in [0.25, 0.3) is 0 Å². The number of rotatable bonds is 8. The van der Waals surface area contributed by atoms with E-state index in [-0.39, 0.29) is 18.9 Å². The molecule has 1 aromatic carbocycles. The van der Waals surface area contributed by atoms with Gasteiger partial charge in [-0.3, -0.25) is 4.79 Å². The van der Waals surface area contributed by atoms with Crippen LogP contribution in [0.3, 0.4) is 0 Å². The van der Waals surface area contributed by atoms with Gasteiger partial charge >= 0.3 is 6.03 Å². The van der Waals surface area contributed by atoms with Gasteiger partial charge in [0.1, 0.15) is 18.3 Å². The first-order valence-electron chi connectivity index (χ1n) is 8.89. The first kappa shape index (κ1) is 21.1. The van der Waals surface area contributed by atoms with E-state index in [1.165, 1.54) is 0 Å². The van der Waals surface area contributed by atoms with Crippen LogP contribution in [-0.2, 0) is 9.53 Å². The number of amides is 3. The number of hydrogen-bond acceptors (Lipinski definition) is 6. The second kappa shape index (κ2) is 10.2. The lowest BCUT2D eigenvalue weighted by molar-refractivity contribution is -0.125. The minimum atomic E-state index is -1.19. The summed E-state index contributed by atoms with van der Waals surface area (Å²) in [6.45, 7) is 1.20. The second-order valence-electron chi connectivity index (χ2n) is 6.75. The van der Waals surface area contributed by atoms with Crippen molar-refractivity contribution in [3.63, 3.8) is 0 Å². The van der Waals surface area contributed by atoms with Crippen molar-refractivity contribution in [1.82, 2.24) is 15.5 Å². The van der Waals surface area contributed by atoms with E-state index in [1.807, 2.05) is 25.1 Å². The van der Waals surface area contributed by atoms with Crippen molar-refractivity contribution in [3.05, 3.63) is 30.3 Å².